The van der Waals surface area contributed by atoms with Crippen LogP contribution in [0.3, 0.4) is 0 Å². The number of hydrazine groups is 1. The Kier molecular flexibility index (Phi) is 3.02. The third kappa shape index (κ3) is 2.02. The monoisotopic (exact) mass is 277 g/mol. The summed E-state index contributed by atoms with van der Waals surface area (Å²) in [6, 6.07) is 7.21. The Bertz CT molecular complexity index is 541. The van der Waals surface area contributed by atoms with Crippen molar-refractivity contribution in [3.05, 3.63) is 35.5 Å². The van der Waals surface area contributed by atoms with E-state index in [1.807, 2.05) is 41.0 Å². The molecule has 0 spiro atoms. The molecule has 0 aliphatic carbocycles. The van der Waals surface area contributed by atoms with Crippen LogP contribution in [0.5, 0.6) is 5.75 Å². The first-order valence-electron chi connectivity index (χ1n) is 6.00. The number of amides is 2. The van der Waals surface area contributed by atoms with Gasteiger partial charge in [0, 0.05) is 11.5 Å². The van der Waals surface area contributed by atoms with Crippen LogP contribution in [0.1, 0.15) is 0 Å². The number of hydrogen-bond donors (Lipinski definition) is 1. The Morgan fingerprint density at radius 1 is 1.32 bits per heavy atom. The number of urea groups is 1. The first kappa shape index (κ1) is 12.2. The van der Waals surface area contributed by atoms with Crippen molar-refractivity contribution in [3.8, 4) is 5.75 Å². The number of carbonyl (C=O) groups excluding carboxylic acids is 1. The predicted octanol–water partition coefficient (Wildman–Crippen LogP) is 1.81. The topological polar surface area (TPSA) is 58.8 Å². The zero-order valence-electron chi connectivity index (χ0n) is 10.6. The van der Waals surface area contributed by atoms with E-state index >= 15 is 0 Å². The highest BCUT2D eigenvalue weighted by molar-refractivity contribution is 7.99. The number of thioether (sulfide) groups is 1. The predicted molar refractivity (Wildman–Crippen MR) is 76.1 cm³/mol. The molecule has 0 fully saturated rings. The number of carbonyl (C=O) groups is 1. The SMILES string of the molecule is COc1ccc(N2CC3=C(CSC3)N2C(N)=O)cc1. The van der Waals surface area contributed by atoms with E-state index in [0.717, 1.165) is 35.2 Å². The highest BCUT2D eigenvalue weighted by Crippen LogP contribution is 2.37. The Morgan fingerprint density at radius 3 is 2.68 bits per heavy atom. The van der Waals surface area contributed by atoms with Crippen LogP contribution in [-0.4, -0.2) is 36.2 Å². The average Bonchev–Trinajstić information content (AvgIpc) is 2.98. The van der Waals surface area contributed by atoms with E-state index in [2.05, 4.69) is 0 Å². The van der Waals surface area contributed by atoms with Gasteiger partial charge in [-0.15, -0.1) is 0 Å². The zero-order chi connectivity index (χ0) is 13.4. The second-order valence-corrected chi connectivity index (χ2v) is 5.43. The van der Waals surface area contributed by atoms with Gasteiger partial charge < -0.3 is 10.5 Å². The average molecular weight is 277 g/mol. The lowest BCUT2D eigenvalue weighted by Crippen LogP contribution is -2.45. The van der Waals surface area contributed by atoms with Crippen molar-refractivity contribution < 1.29 is 9.53 Å². The molecule has 100 valence electrons. The van der Waals surface area contributed by atoms with Gasteiger partial charge in [0.05, 0.1) is 25.0 Å². The lowest BCUT2D eigenvalue weighted by molar-refractivity contribution is 0.221. The van der Waals surface area contributed by atoms with Crippen molar-refractivity contribution in [2.45, 2.75) is 0 Å². The van der Waals surface area contributed by atoms with Crippen LogP contribution in [0, 0.1) is 0 Å². The second kappa shape index (κ2) is 4.70. The van der Waals surface area contributed by atoms with Crippen molar-refractivity contribution in [3.63, 3.8) is 0 Å². The number of anilines is 1. The highest BCUT2D eigenvalue weighted by Gasteiger charge is 2.36. The van der Waals surface area contributed by atoms with E-state index < -0.39 is 6.03 Å². The maximum Gasteiger partial charge on any atom is 0.338 e. The van der Waals surface area contributed by atoms with Crippen molar-refractivity contribution in [2.75, 3.05) is 30.2 Å². The molecule has 19 heavy (non-hydrogen) atoms. The maximum absolute atomic E-state index is 11.7. The molecule has 2 aliphatic heterocycles. The number of benzene rings is 1. The van der Waals surface area contributed by atoms with Gasteiger partial charge in [-0.2, -0.15) is 11.8 Å². The van der Waals surface area contributed by atoms with Crippen molar-refractivity contribution >= 4 is 23.5 Å². The van der Waals surface area contributed by atoms with Crippen LogP contribution >= 0.6 is 11.8 Å². The lowest BCUT2D eigenvalue weighted by atomic mass is 10.2. The van der Waals surface area contributed by atoms with Gasteiger partial charge in [-0.1, -0.05) is 0 Å². The van der Waals surface area contributed by atoms with Gasteiger partial charge in [0.15, 0.2) is 0 Å². The van der Waals surface area contributed by atoms with Gasteiger partial charge in [-0.25, -0.2) is 9.80 Å². The third-order valence-electron chi connectivity index (χ3n) is 3.34. The summed E-state index contributed by atoms with van der Waals surface area (Å²) in [4.78, 5) is 11.7. The quantitative estimate of drug-likeness (QED) is 0.895. The molecule has 0 bridgehead atoms. The Labute approximate surface area is 116 Å². The molecule has 0 unspecified atom stereocenters. The normalized spacial score (nSPS) is 17.9. The number of ether oxygens (including phenoxy) is 1. The number of primary amides is 1. The number of hydrogen-bond acceptors (Lipinski definition) is 4. The van der Waals surface area contributed by atoms with Gasteiger partial charge in [0.2, 0.25) is 0 Å². The summed E-state index contributed by atoms with van der Waals surface area (Å²) in [5.74, 6) is 2.63. The van der Waals surface area contributed by atoms with E-state index in [0.29, 0.717) is 0 Å². The minimum absolute atomic E-state index is 0.427. The molecule has 5 nitrogen and oxygen atoms in total. The van der Waals surface area contributed by atoms with Crippen LogP contribution in [0.25, 0.3) is 0 Å². The molecular weight excluding hydrogens is 262 g/mol. The smallest absolute Gasteiger partial charge is 0.338 e. The number of nitrogens with two attached hydrogens (primary N) is 1. The number of rotatable bonds is 2. The third-order valence-corrected chi connectivity index (χ3v) is 4.37. The number of nitrogens with zero attached hydrogens (tertiary/aromatic N) is 2. The van der Waals surface area contributed by atoms with Gasteiger partial charge in [-0.3, -0.25) is 5.01 Å². The number of methoxy groups -OCH3 is 1. The minimum Gasteiger partial charge on any atom is -0.497 e. The molecule has 1 aromatic carbocycles. The fourth-order valence-corrected chi connectivity index (χ4v) is 3.54. The molecule has 2 amide bonds. The maximum atomic E-state index is 11.7. The fraction of sp³-hybridized carbons (Fsp3) is 0.308. The minimum atomic E-state index is -0.427. The van der Waals surface area contributed by atoms with Crippen LogP contribution in [0.2, 0.25) is 0 Å². The molecule has 2 heterocycles. The second-order valence-electron chi connectivity index (χ2n) is 4.45. The summed E-state index contributed by atoms with van der Waals surface area (Å²) in [5.41, 5.74) is 8.80. The van der Waals surface area contributed by atoms with Crippen LogP contribution < -0.4 is 15.5 Å². The van der Waals surface area contributed by atoms with E-state index in [-0.39, 0.29) is 0 Å². The van der Waals surface area contributed by atoms with Gasteiger partial charge in [-0.05, 0) is 29.8 Å². The van der Waals surface area contributed by atoms with E-state index in [1.165, 1.54) is 5.57 Å². The first-order valence-corrected chi connectivity index (χ1v) is 7.16. The molecule has 0 saturated carbocycles. The molecule has 1 aromatic rings. The molecular formula is C13H15N3O2S. The molecule has 0 saturated heterocycles. The van der Waals surface area contributed by atoms with Gasteiger partial charge in [0.1, 0.15) is 5.75 Å². The van der Waals surface area contributed by atoms with E-state index in [1.54, 1.807) is 12.1 Å². The van der Waals surface area contributed by atoms with Gasteiger partial charge >= 0.3 is 6.03 Å². The highest BCUT2D eigenvalue weighted by atomic mass is 32.2. The van der Waals surface area contributed by atoms with E-state index in [4.69, 9.17) is 10.5 Å². The fourth-order valence-electron chi connectivity index (χ4n) is 2.41. The standard InChI is InChI=1S/C13H15N3O2S/c1-18-11-4-2-10(3-5-11)15-6-9-7-19-8-12(9)16(15)13(14)17/h2-5H,6-8H2,1H3,(H2,14,17). The first-order chi connectivity index (χ1) is 9.20. The van der Waals surface area contributed by atoms with Crippen LogP contribution in [0.4, 0.5) is 10.5 Å². The molecule has 2 aliphatic rings. The zero-order valence-corrected chi connectivity index (χ0v) is 11.4. The van der Waals surface area contributed by atoms with Crippen LogP contribution in [-0.2, 0) is 0 Å². The lowest BCUT2D eigenvalue weighted by Gasteiger charge is -2.30. The Hall–Kier alpha value is -1.82. The van der Waals surface area contributed by atoms with Gasteiger partial charge in [0.25, 0.3) is 0 Å². The summed E-state index contributed by atoms with van der Waals surface area (Å²) in [5, 5.41) is 3.52. The molecule has 3 rings (SSSR count). The van der Waals surface area contributed by atoms with Crippen molar-refractivity contribution in [1.82, 2.24) is 5.01 Å². The summed E-state index contributed by atoms with van der Waals surface area (Å²) in [6.07, 6.45) is 0. The molecule has 2 N–H and O–H groups in total. The summed E-state index contributed by atoms with van der Waals surface area (Å²) < 4.78 is 5.14. The largest absolute Gasteiger partial charge is 0.497 e. The molecule has 6 heteroatoms. The summed E-state index contributed by atoms with van der Waals surface area (Å²) in [7, 11) is 1.63. The molecule has 0 aromatic heterocycles. The summed E-state index contributed by atoms with van der Waals surface area (Å²) >= 11 is 1.82. The summed E-state index contributed by atoms with van der Waals surface area (Å²) in [6.45, 7) is 0.734. The van der Waals surface area contributed by atoms with Crippen LogP contribution in [0.15, 0.2) is 35.5 Å². The van der Waals surface area contributed by atoms with Crippen molar-refractivity contribution in [2.24, 2.45) is 5.73 Å². The Morgan fingerprint density at radius 2 is 2.05 bits per heavy atom. The van der Waals surface area contributed by atoms with E-state index in [9.17, 15) is 4.79 Å². The van der Waals surface area contributed by atoms with Crippen molar-refractivity contribution in [1.29, 1.82) is 0 Å². The molecule has 0 atom stereocenters. The Balaban J connectivity index is 1.90. The molecule has 0 radical (unpaired) electrons.